The predicted molar refractivity (Wildman–Crippen MR) is 120 cm³/mol. The van der Waals surface area contributed by atoms with Crippen LogP contribution in [0.4, 0.5) is 10.1 Å². The van der Waals surface area contributed by atoms with Gasteiger partial charge in [0.2, 0.25) is 0 Å². The number of carboxylic acids is 1. The maximum absolute atomic E-state index is 13.4. The van der Waals surface area contributed by atoms with Crippen molar-refractivity contribution in [1.82, 2.24) is 9.97 Å². The van der Waals surface area contributed by atoms with E-state index in [9.17, 15) is 14.3 Å². The van der Waals surface area contributed by atoms with Gasteiger partial charge in [0.05, 0.1) is 22.8 Å². The molecule has 2 aromatic heterocycles. The topological polar surface area (TPSA) is 75.1 Å². The van der Waals surface area contributed by atoms with E-state index in [0.717, 1.165) is 39.1 Å². The van der Waals surface area contributed by atoms with E-state index in [-0.39, 0.29) is 17.4 Å². The van der Waals surface area contributed by atoms with Gasteiger partial charge in [0.1, 0.15) is 5.82 Å². The highest BCUT2D eigenvalue weighted by atomic mass is 19.1. The second-order valence-corrected chi connectivity index (χ2v) is 7.56. The lowest BCUT2D eigenvalue weighted by molar-refractivity contribution is 0.0698. The first-order chi connectivity index (χ1) is 14.8. The molecule has 0 radical (unpaired) electrons. The van der Waals surface area contributed by atoms with Gasteiger partial charge in [0, 0.05) is 28.0 Å². The van der Waals surface area contributed by atoms with Gasteiger partial charge in [0.25, 0.3) is 0 Å². The van der Waals surface area contributed by atoms with Crippen LogP contribution in [0.3, 0.4) is 0 Å². The molecule has 31 heavy (non-hydrogen) atoms. The summed E-state index contributed by atoms with van der Waals surface area (Å²) >= 11 is 0. The van der Waals surface area contributed by atoms with Gasteiger partial charge in [-0.05, 0) is 62.7 Å². The second kappa shape index (κ2) is 8.14. The molecule has 0 amide bonds. The number of hydrogen-bond donors (Lipinski definition) is 2. The molecule has 0 fully saturated rings. The van der Waals surface area contributed by atoms with Crippen LogP contribution in [0, 0.1) is 19.7 Å². The first-order valence-corrected chi connectivity index (χ1v) is 9.97. The van der Waals surface area contributed by atoms with E-state index < -0.39 is 5.97 Å². The summed E-state index contributed by atoms with van der Waals surface area (Å²) < 4.78 is 13.4. The zero-order valence-corrected chi connectivity index (χ0v) is 17.5. The molecule has 1 atom stereocenters. The third-order valence-corrected chi connectivity index (χ3v) is 5.26. The van der Waals surface area contributed by atoms with Crippen LogP contribution in [-0.2, 0) is 0 Å². The molecule has 0 bridgehead atoms. The molecule has 0 saturated carbocycles. The Morgan fingerprint density at radius 1 is 1.03 bits per heavy atom. The first kappa shape index (κ1) is 20.5. The Hall–Kier alpha value is -3.80. The number of halogens is 1. The summed E-state index contributed by atoms with van der Waals surface area (Å²) in [5, 5.41) is 13.6. The lowest BCUT2D eigenvalue weighted by Gasteiger charge is -2.19. The zero-order valence-electron chi connectivity index (χ0n) is 17.5. The van der Waals surface area contributed by atoms with E-state index >= 15 is 0 Å². The Bertz CT molecular complexity index is 1290. The van der Waals surface area contributed by atoms with Gasteiger partial charge in [-0.3, -0.25) is 9.97 Å². The fourth-order valence-corrected chi connectivity index (χ4v) is 3.77. The van der Waals surface area contributed by atoms with Gasteiger partial charge in [-0.2, -0.15) is 0 Å². The van der Waals surface area contributed by atoms with E-state index in [0.29, 0.717) is 5.69 Å². The number of benzene rings is 2. The number of pyridine rings is 2. The SMILES string of the molecule is Cc1cc2nc(C)c(-c3ccc(F)cc3)cc2c(C(C)Nc2ccccc2C(=O)O)n1. The first-order valence-electron chi connectivity index (χ1n) is 9.97. The number of hydrogen-bond acceptors (Lipinski definition) is 4. The number of rotatable bonds is 5. The Labute approximate surface area is 179 Å². The number of aromatic nitrogens is 2. The maximum Gasteiger partial charge on any atom is 0.337 e. The smallest absolute Gasteiger partial charge is 0.337 e. The van der Waals surface area contributed by atoms with Crippen molar-refractivity contribution in [2.45, 2.75) is 26.8 Å². The van der Waals surface area contributed by atoms with Crippen LogP contribution in [0.1, 0.15) is 40.4 Å². The Balaban J connectivity index is 1.82. The number of anilines is 1. The van der Waals surface area contributed by atoms with Crippen molar-refractivity contribution in [3.63, 3.8) is 0 Å². The van der Waals surface area contributed by atoms with Crippen LogP contribution in [0.5, 0.6) is 0 Å². The molecule has 0 spiro atoms. The molecule has 0 aliphatic heterocycles. The minimum absolute atomic E-state index is 0.201. The number of carbonyl (C=O) groups is 1. The van der Waals surface area contributed by atoms with Crippen LogP contribution >= 0.6 is 0 Å². The number of aryl methyl sites for hydroxylation is 2. The number of carboxylic acid groups (broad SMARTS) is 1. The van der Waals surface area contributed by atoms with Crippen molar-refractivity contribution in [3.8, 4) is 11.1 Å². The van der Waals surface area contributed by atoms with E-state index in [1.165, 1.54) is 12.1 Å². The fraction of sp³-hybridized carbons (Fsp3) is 0.160. The van der Waals surface area contributed by atoms with Crippen molar-refractivity contribution in [2.24, 2.45) is 0 Å². The zero-order chi connectivity index (χ0) is 22.1. The van der Waals surface area contributed by atoms with E-state index in [1.807, 2.05) is 32.9 Å². The van der Waals surface area contributed by atoms with Crippen LogP contribution in [0.25, 0.3) is 22.0 Å². The van der Waals surface area contributed by atoms with E-state index in [2.05, 4.69) is 5.32 Å². The van der Waals surface area contributed by atoms with Gasteiger partial charge >= 0.3 is 5.97 Å². The normalized spacial score (nSPS) is 12.0. The molecule has 6 heteroatoms. The van der Waals surface area contributed by atoms with Crippen LogP contribution in [0.2, 0.25) is 0 Å². The minimum atomic E-state index is -0.992. The highest BCUT2D eigenvalue weighted by Crippen LogP contribution is 2.31. The third-order valence-electron chi connectivity index (χ3n) is 5.26. The highest BCUT2D eigenvalue weighted by molar-refractivity contribution is 5.94. The quantitative estimate of drug-likeness (QED) is 0.423. The van der Waals surface area contributed by atoms with Gasteiger partial charge < -0.3 is 10.4 Å². The molecule has 5 nitrogen and oxygen atoms in total. The molecule has 2 N–H and O–H groups in total. The van der Waals surface area contributed by atoms with Gasteiger partial charge in [0.15, 0.2) is 0 Å². The minimum Gasteiger partial charge on any atom is -0.478 e. The molecule has 2 heterocycles. The molecule has 0 saturated heterocycles. The van der Waals surface area contributed by atoms with Gasteiger partial charge in [-0.15, -0.1) is 0 Å². The molecule has 4 rings (SSSR count). The lowest BCUT2D eigenvalue weighted by Crippen LogP contribution is -2.13. The van der Waals surface area contributed by atoms with Crippen molar-refractivity contribution < 1.29 is 14.3 Å². The predicted octanol–water partition coefficient (Wildman–Crippen LogP) is 5.92. The monoisotopic (exact) mass is 415 g/mol. The number of para-hydroxylation sites is 1. The van der Waals surface area contributed by atoms with Gasteiger partial charge in [-0.1, -0.05) is 24.3 Å². The van der Waals surface area contributed by atoms with Crippen molar-refractivity contribution in [2.75, 3.05) is 5.32 Å². The maximum atomic E-state index is 13.4. The Morgan fingerprint density at radius 2 is 1.74 bits per heavy atom. The number of aromatic carboxylic acids is 1. The summed E-state index contributed by atoms with van der Waals surface area (Å²) in [6, 6.07) is 16.8. The molecule has 2 aromatic carbocycles. The summed E-state index contributed by atoms with van der Waals surface area (Å²) in [7, 11) is 0. The second-order valence-electron chi connectivity index (χ2n) is 7.56. The molecule has 0 aliphatic rings. The molecule has 4 aromatic rings. The van der Waals surface area contributed by atoms with Crippen molar-refractivity contribution in [1.29, 1.82) is 0 Å². The van der Waals surface area contributed by atoms with Crippen LogP contribution < -0.4 is 5.32 Å². The number of nitrogens with one attached hydrogen (secondary N) is 1. The standard InChI is InChI=1S/C25H22FN3O2/c1-14-12-23-21(13-20(15(2)28-23)17-8-10-18(26)11-9-17)24(27-14)16(3)29-22-7-5-4-6-19(22)25(30)31/h4-13,16,29H,1-3H3,(H,30,31). The third kappa shape index (κ3) is 4.10. The Kier molecular flexibility index (Phi) is 5.38. The van der Waals surface area contributed by atoms with Crippen molar-refractivity contribution in [3.05, 3.63) is 89.1 Å². The summed E-state index contributed by atoms with van der Waals surface area (Å²) in [4.78, 5) is 21.1. The summed E-state index contributed by atoms with van der Waals surface area (Å²) in [6.07, 6.45) is 0. The summed E-state index contributed by atoms with van der Waals surface area (Å²) in [6.45, 7) is 5.78. The lowest BCUT2D eigenvalue weighted by atomic mass is 9.99. The molecule has 156 valence electrons. The molecule has 0 aliphatic carbocycles. The fourth-order valence-electron chi connectivity index (χ4n) is 3.77. The van der Waals surface area contributed by atoms with Gasteiger partial charge in [-0.25, -0.2) is 9.18 Å². The number of fused-ring (bicyclic) bond motifs is 1. The number of nitrogens with zero attached hydrogens (tertiary/aromatic N) is 2. The highest BCUT2D eigenvalue weighted by Gasteiger charge is 2.18. The van der Waals surface area contributed by atoms with E-state index in [4.69, 9.17) is 9.97 Å². The average Bonchev–Trinajstić information content (AvgIpc) is 2.73. The largest absolute Gasteiger partial charge is 0.478 e. The summed E-state index contributed by atoms with van der Waals surface area (Å²) in [5.41, 5.74) is 5.74. The average molecular weight is 415 g/mol. The Morgan fingerprint density at radius 3 is 2.45 bits per heavy atom. The molecular formula is C25H22FN3O2. The van der Waals surface area contributed by atoms with Crippen molar-refractivity contribution >= 4 is 22.6 Å². The molecular weight excluding hydrogens is 393 g/mol. The van der Waals surface area contributed by atoms with Crippen LogP contribution in [0.15, 0.2) is 60.7 Å². The van der Waals surface area contributed by atoms with Crippen LogP contribution in [-0.4, -0.2) is 21.0 Å². The van der Waals surface area contributed by atoms with E-state index in [1.54, 1.807) is 36.4 Å². The summed E-state index contributed by atoms with van der Waals surface area (Å²) in [5.74, 6) is -1.28. The molecule has 1 unspecified atom stereocenters.